The lowest BCUT2D eigenvalue weighted by atomic mass is 9.94. The standard InChI is InChI=1S/C20H15O3P/c21-24(22,23)19-13-12-15-7-2-4-10-17(15)20(19)18-11-5-8-14-6-1-3-9-16(14)18/h1-13H,(H2,21,22,23). The summed E-state index contributed by atoms with van der Waals surface area (Å²) in [4.78, 5) is 19.7. The predicted molar refractivity (Wildman–Crippen MR) is 98.6 cm³/mol. The van der Waals surface area contributed by atoms with Gasteiger partial charge >= 0.3 is 7.60 Å². The van der Waals surface area contributed by atoms with Gasteiger partial charge in [0.15, 0.2) is 0 Å². The normalized spacial score (nSPS) is 11.9. The largest absolute Gasteiger partial charge is 0.356 e. The summed E-state index contributed by atoms with van der Waals surface area (Å²) in [5.74, 6) is 0. The smallest absolute Gasteiger partial charge is 0.321 e. The van der Waals surface area contributed by atoms with Crippen molar-refractivity contribution in [3.63, 3.8) is 0 Å². The number of benzene rings is 4. The molecule has 0 amide bonds. The zero-order valence-corrected chi connectivity index (χ0v) is 13.6. The van der Waals surface area contributed by atoms with Crippen molar-refractivity contribution in [2.75, 3.05) is 0 Å². The van der Waals surface area contributed by atoms with Crippen LogP contribution in [0.25, 0.3) is 32.7 Å². The van der Waals surface area contributed by atoms with Gasteiger partial charge in [0, 0.05) is 5.56 Å². The van der Waals surface area contributed by atoms with Gasteiger partial charge in [-0.25, -0.2) is 0 Å². The van der Waals surface area contributed by atoms with E-state index < -0.39 is 7.60 Å². The fourth-order valence-electron chi connectivity index (χ4n) is 3.23. The molecule has 4 aromatic rings. The summed E-state index contributed by atoms with van der Waals surface area (Å²) in [5, 5.41) is 3.88. The zero-order valence-electron chi connectivity index (χ0n) is 12.8. The van der Waals surface area contributed by atoms with E-state index in [9.17, 15) is 14.4 Å². The Labute approximate surface area is 139 Å². The summed E-state index contributed by atoms with van der Waals surface area (Å²) < 4.78 is 12.1. The molecule has 0 unspecified atom stereocenters. The second-order valence-electron chi connectivity index (χ2n) is 5.75. The van der Waals surface area contributed by atoms with Crippen molar-refractivity contribution in [3.05, 3.63) is 78.9 Å². The number of rotatable bonds is 2. The average Bonchev–Trinajstić information content (AvgIpc) is 2.59. The van der Waals surface area contributed by atoms with E-state index in [2.05, 4.69) is 0 Å². The lowest BCUT2D eigenvalue weighted by Gasteiger charge is -2.16. The Kier molecular flexibility index (Phi) is 3.50. The van der Waals surface area contributed by atoms with Crippen LogP contribution < -0.4 is 5.30 Å². The fraction of sp³-hybridized carbons (Fsp3) is 0. The molecule has 0 atom stereocenters. The van der Waals surface area contributed by atoms with Crippen LogP contribution in [0, 0.1) is 0 Å². The van der Waals surface area contributed by atoms with E-state index in [1.807, 2.05) is 66.7 Å². The monoisotopic (exact) mass is 334 g/mol. The van der Waals surface area contributed by atoms with Crippen molar-refractivity contribution >= 4 is 34.4 Å². The molecule has 3 nitrogen and oxygen atoms in total. The molecule has 4 heteroatoms. The first-order valence-corrected chi connectivity index (χ1v) is 9.23. The average molecular weight is 334 g/mol. The van der Waals surface area contributed by atoms with Crippen molar-refractivity contribution in [1.29, 1.82) is 0 Å². The van der Waals surface area contributed by atoms with Crippen LogP contribution in [0.2, 0.25) is 0 Å². The summed E-state index contributed by atoms with van der Waals surface area (Å²) in [5.41, 5.74) is 1.45. The summed E-state index contributed by atoms with van der Waals surface area (Å²) in [6.07, 6.45) is 0. The van der Waals surface area contributed by atoms with E-state index >= 15 is 0 Å². The van der Waals surface area contributed by atoms with Gasteiger partial charge in [-0.2, -0.15) is 0 Å². The fourth-order valence-corrected chi connectivity index (χ4v) is 4.03. The van der Waals surface area contributed by atoms with Gasteiger partial charge in [0.05, 0.1) is 5.30 Å². The van der Waals surface area contributed by atoms with Gasteiger partial charge in [0.2, 0.25) is 0 Å². The predicted octanol–water partition coefficient (Wildman–Crippen LogP) is 4.46. The molecule has 0 radical (unpaired) electrons. The van der Waals surface area contributed by atoms with Crippen LogP contribution in [0.4, 0.5) is 0 Å². The number of hydrogen-bond acceptors (Lipinski definition) is 1. The SMILES string of the molecule is O=P(O)(O)c1ccc2ccccc2c1-c1cccc2ccccc12. The topological polar surface area (TPSA) is 57.5 Å². The van der Waals surface area contributed by atoms with Crippen LogP contribution in [0.1, 0.15) is 0 Å². The molecule has 0 aliphatic carbocycles. The van der Waals surface area contributed by atoms with Crippen LogP contribution in [0.5, 0.6) is 0 Å². The second kappa shape index (κ2) is 5.57. The maximum Gasteiger partial charge on any atom is 0.356 e. The molecule has 24 heavy (non-hydrogen) atoms. The van der Waals surface area contributed by atoms with Gasteiger partial charge in [-0.05, 0) is 33.2 Å². The molecule has 0 bridgehead atoms. The molecule has 4 rings (SSSR count). The highest BCUT2D eigenvalue weighted by Crippen LogP contribution is 2.42. The highest BCUT2D eigenvalue weighted by atomic mass is 31.2. The van der Waals surface area contributed by atoms with E-state index in [1.165, 1.54) is 0 Å². The molecule has 0 fully saturated rings. The minimum Gasteiger partial charge on any atom is -0.321 e. The van der Waals surface area contributed by atoms with E-state index in [1.54, 1.807) is 12.1 Å². The van der Waals surface area contributed by atoms with Gasteiger partial charge in [0.1, 0.15) is 0 Å². The van der Waals surface area contributed by atoms with Crippen LogP contribution in [0.15, 0.2) is 78.9 Å². The van der Waals surface area contributed by atoms with Crippen molar-refractivity contribution in [2.45, 2.75) is 0 Å². The Hall–Kier alpha value is -2.45. The summed E-state index contributed by atoms with van der Waals surface area (Å²) >= 11 is 0. The molecule has 0 aliphatic heterocycles. The quantitative estimate of drug-likeness (QED) is 0.532. The lowest BCUT2D eigenvalue weighted by Crippen LogP contribution is -2.08. The van der Waals surface area contributed by atoms with E-state index in [-0.39, 0.29) is 5.30 Å². The first kappa shape index (κ1) is 15.1. The lowest BCUT2D eigenvalue weighted by molar-refractivity contribution is 0.387. The van der Waals surface area contributed by atoms with E-state index in [4.69, 9.17) is 0 Å². The van der Waals surface area contributed by atoms with Crippen LogP contribution in [0.3, 0.4) is 0 Å². The third-order valence-corrected chi connectivity index (χ3v) is 5.28. The van der Waals surface area contributed by atoms with Crippen molar-refractivity contribution in [3.8, 4) is 11.1 Å². The first-order chi connectivity index (χ1) is 11.6. The minimum atomic E-state index is -4.40. The molecule has 0 saturated carbocycles. The van der Waals surface area contributed by atoms with Crippen molar-refractivity contribution in [1.82, 2.24) is 0 Å². The Morgan fingerprint density at radius 1 is 0.625 bits per heavy atom. The molecular formula is C20H15O3P. The van der Waals surface area contributed by atoms with Crippen molar-refractivity contribution in [2.24, 2.45) is 0 Å². The summed E-state index contributed by atoms with van der Waals surface area (Å²) in [6.45, 7) is 0. The highest BCUT2D eigenvalue weighted by molar-refractivity contribution is 7.60. The Morgan fingerprint density at radius 2 is 1.21 bits per heavy atom. The van der Waals surface area contributed by atoms with E-state index in [0.29, 0.717) is 5.56 Å². The van der Waals surface area contributed by atoms with Gasteiger partial charge in [0.25, 0.3) is 0 Å². The van der Waals surface area contributed by atoms with Crippen LogP contribution in [-0.4, -0.2) is 9.79 Å². The van der Waals surface area contributed by atoms with Gasteiger partial charge in [-0.1, -0.05) is 72.8 Å². The molecular weight excluding hydrogens is 319 g/mol. The molecule has 4 aromatic carbocycles. The molecule has 2 N–H and O–H groups in total. The van der Waals surface area contributed by atoms with Gasteiger partial charge < -0.3 is 9.79 Å². The molecule has 0 aromatic heterocycles. The second-order valence-corrected chi connectivity index (χ2v) is 7.32. The number of hydrogen-bond donors (Lipinski definition) is 2. The molecule has 0 aliphatic rings. The molecule has 0 heterocycles. The summed E-state index contributed by atoms with van der Waals surface area (Å²) in [7, 11) is -4.40. The van der Waals surface area contributed by atoms with Crippen molar-refractivity contribution < 1.29 is 14.4 Å². The minimum absolute atomic E-state index is 0.0672. The number of fused-ring (bicyclic) bond motifs is 2. The third kappa shape index (κ3) is 2.44. The Balaban J connectivity index is 2.21. The van der Waals surface area contributed by atoms with Gasteiger partial charge in [-0.3, -0.25) is 4.57 Å². The van der Waals surface area contributed by atoms with Crippen LogP contribution in [-0.2, 0) is 4.57 Å². The third-order valence-electron chi connectivity index (χ3n) is 4.28. The Morgan fingerprint density at radius 3 is 1.92 bits per heavy atom. The first-order valence-electron chi connectivity index (χ1n) is 7.62. The zero-order chi connectivity index (χ0) is 16.7. The van der Waals surface area contributed by atoms with Gasteiger partial charge in [-0.15, -0.1) is 0 Å². The molecule has 118 valence electrons. The van der Waals surface area contributed by atoms with E-state index in [0.717, 1.165) is 27.1 Å². The maximum atomic E-state index is 12.1. The highest BCUT2D eigenvalue weighted by Gasteiger charge is 2.24. The maximum absolute atomic E-state index is 12.1. The van der Waals surface area contributed by atoms with Crippen LogP contribution >= 0.6 is 7.60 Å². The molecule has 0 saturated heterocycles. The Bertz CT molecular complexity index is 1110. The molecule has 0 spiro atoms. The summed E-state index contributed by atoms with van der Waals surface area (Å²) in [6, 6.07) is 24.7.